The van der Waals surface area contributed by atoms with Gasteiger partial charge in [0, 0.05) is 5.92 Å². The fourth-order valence-electron chi connectivity index (χ4n) is 2.76. The van der Waals surface area contributed by atoms with Crippen molar-refractivity contribution < 1.29 is 4.52 Å². The Morgan fingerprint density at radius 1 is 1.42 bits per heavy atom. The maximum absolute atomic E-state index is 8.79. The summed E-state index contributed by atoms with van der Waals surface area (Å²) < 4.78 is 5.30. The predicted molar refractivity (Wildman–Crippen MR) is 69.2 cm³/mol. The summed E-state index contributed by atoms with van der Waals surface area (Å²) in [4.78, 5) is 7.41. The van der Waals surface area contributed by atoms with Gasteiger partial charge in [0.25, 0.3) is 5.89 Å². The summed E-state index contributed by atoms with van der Waals surface area (Å²) in [5, 5.41) is 12.9. The number of aromatic amines is 1. The van der Waals surface area contributed by atoms with E-state index in [4.69, 9.17) is 9.78 Å². The fourth-order valence-corrected chi connectivity index (χ4v) is 2.76. The number of hydrogen-bond acceptors (Lipinski definition) is 4. The molecule has 0 aliphatic heterocycles. The Morgan fingerprint density at radius 3 is 3.05 bits per heavy atom. The van der Waals surface area contributed by atoms with Gasteiger partial charge in [-0.15, -0.1) is 0 Å². The van der Waals surface area contributed by atoms with E-state index in [-0.39, 0.29) is 0 Å². The maximum atomic E-state index is 8.79. The second kappa shape index (κ2) is 4.88. The number of nitriles is 1. The van der Waals surface area contributed by atoms with Gasteiger partial charge in [-0.1, -0.05) is 24.9 Å². The highest BCUT2D eigenvalue weighted by atomic mass is 16.5. The summed E-state index contributed by atoms with van der Waals surface area (Å²) >= 11 is 0. The monoisotopic (exact) mass is 256 g/mol. The first-order valence-corrected chi connectivity index (χ1v) is 6.69. The van der Waals surface area contributed by atoms with Crippen molar-refractivity contribution in [3.05, 3.63) is 23.7 Å². The van der Waals surface area contributed by atoms with E-state index in [0.717, 1.165) is 24.6 Å². The minimum absolute atomic E-state index is 0.409. The molecule has 3 rings (SSSR count). The van der Waals surface area contributed by atoms with Crippen molar-refractivity contribution in [3.8, 4) is 17.7 Å². The largest absolute Gasteiger partial charge is 0.342 e. The molecule has 0 amide bonds. The zero-order valence-corrected chi connectivity index (χ0v) is 10.9. The molecule has 0 radical (unpaired) electrons. The molecule has 5 heteroatoms. The molecular weight excluding hydrogens is 240 g/mol. The zero-order valence-electron chi connectivity index (χ0n) is 10.9. The number of nitrogens with one attached hydrogen (secondary N) is 1. The molecule has 0 aromatic carbocycles. The van der Waals surface area contributed by atoms with Crippen LogP contribution in [0, 0.1) is 17.2 Å². The van der Waals surface area contributed by atoms with Gasteiger partial charge in [0.05, 0.1) is 0 Å². The quantitative estimate of drug-likeness (QED) is 0.894. The smallest absolute Gasteiger partial charge is 0.274 e. The van der Waals surface area contributed by atoms with Gasteiger partial charge in [-0.3, -0.25) is 0 Å². The van der Waals surface area contributed by atoms with E-state index in [1.165, 1.54) is 12.8 Å². The molecule has 2 aromatic heterocycles. The highest BCUT2D eigenvalue weighted by molar-refractivity contribution is 5.49. The molecular formula is C14H16N4O. The maximum Gasteiger partial charge on any atom is 0.274 e. The van der Waals surface area contributed by atoms with Crippen molar-refractivity contribution in [2.75, 3.05) is 0 Å². The van der Waals surface area contributed by atoms with E-state index < -0.39 is 0 Å². The van der Waals surface area contributed by atoms with Crippen LogP contribution < -0.4 is 0 Å². The van der Waals surface area contributed by atoms with Crippen LogP contribution in [0.25, 0.3) is 11.6 Å². The van der Waals surface area contributed by atoms with Gasteiger partial charge in [-0.05, 0) is 30.9 Å². The highest BCUT2D eigenvalue weighted by Gasteiger charge is 2.25. The molecule has 0 bridgehead atoms. The first kappa shape index (κ1) is 12.0. The van der Waals surface area contributed by atoms with Crippen LogP contribution in [-0.2, 0) is 0 Å². The summed E-state index contributed by atoms with van der Waals surface area (Å²) in [6.45, 7) is 2.28. The summed E-state index contributed by atoms with van der Waals surface area (Å²) in [5.41, 5.74) is 1.21. The lowest BCUT2D eigenvalue weighted by atomic mass is 9.82. The molecule has 2 atom stereocenters. The molecule has 2 unspecified atom stereocenters. The Hall–Kier alpha value is -2.09. The van der Waals surface area contributed by atoms with E-state index in [9.17, 15) is 0 Å². The Bertz CT molecular complexity index is 607. The van der Waals surface area contributed by atoms with Gasteiger partial charge in [0.1, 0.15) is 17.5 Å². The van der Waals surface area contributed by atoms with E-state index >= 15 is 0 Å². The van der Waals surface area contributed by atoms with Crippen molar-refractivity contribution in [1.29, 1.82) is 5.26 Å². The third-order valence-electron chi connectivity index (χ3n) is 3.78. The number of H-pyrrole nitrogens is 1. The topological polar surface area (TPSA) is 78.5 Å². The minimum Gasteiger partial charge on any atom is -0.342 e. The Balaban J connectivity index is 1.81. The molecule has 19 heavy (non-hydrogen) atoms. The average Bonchev–Trinajstić information content (AvgIpc) is 3.07. The van der Waals surface area contributed by atoms with Crippen molar-refractivity contribution in [1.82, 2.24) is 15.1 Å². The van der Waals surface area contributed by atoms with Gasteiger partial charge in [0.2, 0.25) is 0 Å². The molecule has 1 saturated carbocycles. The predicted octanol–water partition coefficient (Wildman–Crippen LogP) is 3.23. The second-order valence-electron chi connectivity index (χ2n) is 5.32. The van der Waals surface area contributed by atoms with Crippen LogP contribution in [0.4, 0.5) is 0 Å². The Labute approximate surface area is 111 Å². The molecule has 1 fully saturated rings. The van der Waals surface area contributed by atoms with Gasteiger partial charge < -0.3 is 9.51 Å². The minimum atomic E-state index is 0.409. The zero-order chi connectivity index (χ0) is 13.2. The number of hydrogen-bond donors (Lipinski definition) is 1. The normalized spacial score (nSPS) is 23.2. The first-order chi connectivity index (χ1) is 9.26. The van der Waals surface area contributed by atoms with Crippen molar-refractivity contribution in [2.24, 2.45) is 5.92 Å². The van der Waals surface area contributed by atoms with Crippen LogP contribution in [0.5, 0.6) is 0 Å². The molecule has 1 aliphatic carbocycles. The lowest BCUT2D eigenvalue weighted by Crippen LogP contribution is -2.12. The van der Waals surface area contributed by atoms with Crippen LogP contribution in [0.3, 0.4) is 0 Å². The SMILES string of the molecule is CC1CCCC(c2noc(-c3ccc(C#N)[nH]3)n2)C1. The number of rotatable bonds is 2. The first-order valence-electron chi connectivity index (χ1n) is 6.69. The molecule has 2 heterocycles. The fraction of sp³-hybridized carbons (Fsp3) is 0.500. The van der Waals surface area contributed by atoms with Crippen LogP contribution >= 0.6 is 0 Å². The lowest BCUT2D eigenvalue weighted by molar-refractivity contribution is 0.324. The molecule has 1 N–H and O–H groups in total. The summed E-state index contributed by atoms with van der Waals surface area (Å²) in [6, 6.07) is 5.55. The van der Waals surface area contributed by atoms with Crippen LogP contribution in [0.1, 0.15) is 50.0 Å². The van der Waals surface area contributed by atoms with E-state index in [1.54, 1.807) is 12.1 Å². The lowest BCUT2D eigenvalue weighted by Gasteiger charge is -2.23. The average molecular weight is 256 g/mol. The standard InChI is InChI=1S/C14H16N4O/c1-9-3-2-4-10(7-9)13-17-14(19-18-13)12-6-5-11(8-15)16-12/h5-6,9-10,16H,2-4,7H2,1H3. The second-order valence-corrected chi connectivity index (χ2v) is 5.32. The van der Waals surface area contributed by atoms with Crippen LogP contribution in [0.15, 0.2) is 16.7 Å². The van der Waals surface area contributed by atoms with Gasteiger partial charge in [-0.2, -0.15) is 10.2 Å². The van der Waals surface area contributed by atoms with E-state index in [0.29, 0.717) is 23.2 Å². The Kier molecular flexibility index (Phi) is 3.08. The van der Waals surface area contributed by atoms with Gasteiger partial charge >= 0.3 is 0 Å². The highest BCUT2D eigenvalue weighted by Crippen LogP contribution is 2.35. The Morgan fingerprint density at radius 2 is 2.32 bits per heavy atom. The third-order valence-corrected chi connectivity index (χ3v) is 3.78. The van der Waals surface area contributed by atoms with Crippen molar-refractivity contribution >= 4 is 0 Å². The summed E-state index contributed by atoms with van der Waals surface area (Å²) in [6.07, 6.45) is 4.80. The molecule has 2 aromatic rings. The van der Waals surface area contributed by atoms with Crippen molar-refractivity contribution in [2.45, 2.75) is 38.5 Å². The van der Waals surface area contributed by atoms with Gasteiger partial charge in [0.15, 0.2) is 5.82 Å². The number of aromatic nitrogens is 3. The summed E-state index contributed by atoms with van der Waals surface area (Å²) in [7, 11) is 0. The molecule has 98 valence electrons. The van der Waals surface area contributed by atoms with E-state index in [2.05, 4.69) is 22.0 Å². The van der Waals surface area contributed by atoms with E-state index in [1.807, 2.05) is 6.07 Å². The third kappa shape index (κ3) is 2.39. The molecule has 5 nitrogen and oxygen atoms in total. The van der Waals surface area contributed by atoms with Crippen LogP contribution in [0.2, 0.25) is 0 Å². The molecule has 0 spiro atoms. The summed E-state index contributed by atoms with van der Waals surface area (Å²) in [5.74, 6) is 2.41. The van der Waals surface area contributed by atoms with Gasteiger partial charge in [-0.25, -0.2) is 0 Å². The number of nitrogens with zero attached hydrogens (tertiary/aromatic N) is 3. The van der Waals surface area contributed by atoms with Crippen LogP contribution in [-0.4, -0.2) is 15.1 Å². The van der Waals surface area contributed by atoms with Crippen molar-refractivity contribution in [3.63, 3.8) is 0 Å². The molecule has 1 aliphatic rings. The molecule has 0 saturated heterocycles.